The molecule has 90 valence electrons. The molecule has 4 heteroatoms. The molecule has 2 rings (SSSR count). The molecule has 2 atom stereocenters. The molecular weight excluding hydrogens is 206 g/mol. The molecule has 0 spiro atoms. The van der Waals surface area contributed by atoms with E-state index in [2.05, 4.69) is 0 Å². The van der Waals surface area contributed by atoms with Crippen molar-refractivity contribution >= 4 is 11.9 Å². The highest BCUT2D eigenvalue weighted by Crippen LogP contribution is 2.31. The van der Waals surface area contributed by atoms with Crippen molar-refractivity contribution in [3.8, 4) is 0 Å². The second-order valence-electron chi connectivity index (χ2n) is 4.93. The quantitative estimate of drug-likeness (QED) is 0.774. The third kappa shape index (κ3) is 2.36. The smallest absolute Gasteiger partial charge is 0.306 e. The molecule has 1 amide bonds. The normalized spacial score (nSPS) is 30.4. The summed E-state index contributed by atoms with van der Waals surface area (Å²) in [5, 5.41) is 8.98. The summed E-state index contributed by atoms with van der Waals surface area (Å²) >= 11 is 0. The molecule has 0 aromatic heterocycles. The molecule has 1 aliphatic carbocycles. The lowest BCUT2D eigenvalue weighted by Crippen LogP contribution is -2.37. The van der Waals surface area contributed by atoms with Crippen LogP contribution in [0.15, 0.2) is 0 Å². The first kappa shape index (κ1) is 11.4. The second kappa shape index (κ2) is 4.85. The van der Waals surface area contributed by atoms with Gasteiger partial charge in [0.15, 0.2) is 0 Å². The third-order valence-corrected chi connectivity index (χ3v) is 3.79. The molecule has 0 aromatic carbocycles. The van der Waals surface area contributed by atoms with Crippen molar-refractivity contribution in [3.05, 3.63) is 0 Å². The Balaban J connectivity index is 1.93. The van der Waals surface area contributed by atoms with Gasteiger partial charge in [-0.25, -0.2) is 0 Å². The van der Waals surface area contributed by atoms with Crippen molar-refractivity contribution in [2.45, 2.75) is 38.5 Å². The Labute approximate surface area is 95.6 Å². The van der Waals surface area contributed by atoms with E-state index < -0.39 is 5.97 Å². The standard InChI is InChI=1S/C12H19NO3/c14-11(13-6-1-2-7-13)9-4-3-5-10(8-9)12(15)16/h9-10H,1-8H2,(H,15,16)/t9-,10+/m0/s1. The lowest BCUT2D eigenvalue weighted by atomic mass is 9.81. The van der Waals surface area contributed by atoms with Gasteiger partial charge in [0, 0.05) is 19.0 Å². The van der Waals surface area contributed by atoms with Crippen LogP contribution in [0.3, 0.4) is 0 Å². The van der Waals surface area contributed by atoms with Crippen LogP contribution in [0.25, 0.3) is 0 Å². The summed E-state index contributed by atoms with van der Waals surface area (Å²) in [5.74, 6) is -0.874. The average molecular weight is 225 g/mol. The molecule has 0 unspecified atom stereocenters. The van der Waals surface area contributed by atoms with Crippen LogP contribution in [0, 0.1) is 11.8 Å². The molecule has 1 aliphatic heterocycles. The van der Waals surface area contributed by atoms with E-state index in [0.29, 0.717) is 6.42 Å². The SMILES string of the molecule is O=C(O)[C@@H]1CCC[C@H](C(=O)N2CCCC2)C1. The first-order valence-corrected chi connectivity index (χ1v) is 6.20. The zero-order valence-electron chi connectivity index (χ0n) is 9.52. The number of aliphatic carboxylic acids is 1. The van der Waals surface area contributed by atoms with E-state index in [1.54, 1.807) is 0 Å². The summed E-state index contributed by atoms with van der Waals surface area (Å²) in [6.45, 7) is 1.74. The van der Waals surface area contributed by atoms with Crippen molar-refractivity contribution in [2.24, 2.45) is 11.8 Å². The second-order valence-corrected chi connectivity index (χ2v) is 4.93. The van der Waals surface area contributed by atoms with Gasteiger partial charge < -0.3 is 10.0 Å². The van der Waals surface area contributed by atoms with E-state index in [0.717, 1.165) is 45.2 Å². The van der Waals surface area contributed by atoms with E-state index >= 15 is 0 Å². The van der Waals surface area contributed by atoms with Crippen molar-refractivity contribution in [2.75, 3.05) is 13.1 Å². The van der Waals surface area contributed by atoms with Crippen LogP contribution < -0.4 is 0 Å². The van der Waals surface area contributed by atoms with E-state index in [1.807, 2.05) is 4.90 Å². The Morgan fingerprint density at radius 2 is 1.62 bits per heavy atom. The van der Waals surface area contributed by atoms with Crippen LogP contribution in [0.1, 0.15) is 38.5 Å². The molecule has 2 fully saturated rings. The minimum Gasteiger partial charge on any atom is -0.481 e. The third-order valence-electron chi connectivity index (χ3n) is 3.79. The van der Waals surface area contributed by atoms with Crippen LogP contribution in [-0.2, 0) is 9.59 Å². The number of carbonyl (C=O) groups excluding carboxylic acids is 1. The van der Waals surface area contributed by atoms with E-state index in [4.69, 9.17) is 5.11 Å². The van der Waals surface area contributed by atoms with Crippen molar-refractivity contribution in [3.63, 3.8) is 0 Å². The van der Waals surface area contributed by atoms with E-state index in [9.17, 15) is 9.59 Å². The summed E-state index contributed by atoms with van der Waals surface area (Å²) in [7, 11) is 0. The molecule has 2 aliphatic rings. The van der Waals surface area contributed by atoms with Gasteiger partial charge in [0.1, 0.15) is 0 Å². The number of amides is 1. The molecule has 0 radical (unpaired) electrons. The van der Waals surface area contributed by atoms with Crippen LogP contribution in [0.2, 0.25) is 0 Å². The maximum atomic E-state index is 12.1. The van der Waals surface area contributed by atoms with Gasteiger partial charge in [-0.3, -0.25) is 9.59 Å². The van der Waals surface area contributed by atoms with Crippen LogP contribution in [0.4, 0.5) is 0 Å². The fraction of sp³-hybridized carbons (Fsp3) is 0.833. The van der Waals surface area contributed by atoms with Gasteiger partial charge in [-0.05, 0) is 32.1 Å². The molecule has 0 aromatic rings. The zero-order valence-corrected chi connectivity index (χ0v) is 9.52. The molecular formula is C12H19NO3. The zero-order chi connectivity index (χ0) is 11.5. The number of nitrogens with zero attached hydrogens (tertiary/aromatic N) is 1. The highest BCUT2D eigenvalue weighted by Gasteiger charge is 2.33. The maximum Gasteiger partial charge on any atom is 0.306 e. The lowest BCUT2D eigenvalue weighted by molar-refractivity contribution is -0.145. The average Bonchev–Trinajstić information content (AvgIpc) is 2.81. The predicted octanol–water partition coefficient (Wildman–Crippen LogP) is 1.50. The fourth-order valence-electron chi connectivity index (χ4n) is 2.83. The summed E-state index contributed by atoms with van der Waals surface area (Å²) in [6.07, 6.45) is 5.23. The van der Waals surface area contributed by atoms with Crippen LogP contribution >= 0.6 is 0 Å². The van der Waals surface area contributed by atoms with Crippen LogP contribution in [-0.4, -0.2) is 35.0 Å². The minimum atomic E-state index is -0.737. The van der Waals surface area contributed by atoms with Crippen molar-refractivity contribution < 1.29 is 14.7 Å². The van der Waals surface area contributed by atoms with Crippen molar-refractivity contribution in [1.82, 2.24) is 4.90 Å². The molecule has 16 heavy (non-hydrogen) atoms. The first-order chi connectivity index (χ1) is 7.68. The van der Waals surface area contributed by atoms with E-state index in [1.165, 1.54) is 0 Å². The maximum absolute atomic E-state index is 12.1. The number of carbonyl (C=O) groups is 2. The molecule has 1 N–H and O–H groups in total. The van der Waals surface area contributed by atoms with Gasteiger partial charge in [0.05, 0.1) is 5.92 Å². The number of likely N-dealkylation sites (tertiary alicyclic amines) is 1. The minimum absolute atomic E-state index is 0.0343. The molecule has 1 saturated carbocycles. The molecule has 0 bridgehead atoms. The Morgan fingerprint density at radius 3 is 2.25 bits per heavy atom. The number of carboxylic acids is 1. The Hall–Kier alpha value is -1.06. The number of hydrogen-bond acceptors (Lipinski definition) is 2. The topological polar surface area (TPSA) is 57.6 Å². The van der Waals surface area contributed by atoms with Crippen molar-refractivity contribution in [1.29, 1.82) is 0 Å². The summed E-state index contributed by atoms with van der Waals surface area (Å²) in [5.41, 5.74) is 0. The summed E-state index contributed by atoms with van der Waals surface area (Å²) in [6, 6.07) is 0. The largest absolute Gasteiger partial charge is 0.481 e. The Kier molecular flexibility index (Phi) is 3.46. The van der Waals surface area contributed by atoms with Gasteiger partial charge in [-0.2, -0.15) is 0 Å². The van der Waals surface area contributed by atoms with Gasteiger partial charge in [-0.15, -0.1) is 0 Å². The molecule has 4 nitrogen and oxygen atoms in total. The number of carboxylic acid groups (broad SMARTS) is 1. The van der Waals surface area contributed by atoms with E-state index in [-0.39, 0.29) is 17.7 Å². The summed E-state index contributed by atoms with van der Waals surface area (Å²) < 4.78 is 0. The number of rotatable bonds is 2. The van der Waals surface area contributed by atoms with Gasteiger partial charge in [0.2, 0.25) is 5.91 Å². The Bertz CT molecular complexity index is 284. The predicted molar refractivity (Wildman–Crippen MR) is 58.9 cm³/mol. The van der Waals surface area contributed by atoms with Gasteiger partial charge in [-0.1, -0.05) is 6.42 Å². The lowest BCUT2D eigenvalue weighted by Gasteiger charge is -2.29. The van der Waals surface area contributed by atoms with Gasteiger partial charge in [0.25, 0.3) is 0 Å². The highest BCUT2D eigenvalue weighted by atomic mass is 16.4. The van der Waals surface area contributed by atoms with Crippen LogP contribution in [0.5, 0.6) is 0 Å². The fourth-order valence-corrected chi connectivity index (χ4v) is 2.83. The summed E-state index contributed by atoms with van der Waals surface area (Å²) in [4.78, 5) is 24.9. The Morgan fingerprint density at radius 1 is 1.00 bits per heavy atom. The molecule has 1 heterocycles. The molecule has 1 saturated heterocycles. The number of hydrogen-bond donors (Lipinski definition) is 1. The first-order valence-electron chi connectivity index (χ1n) is 6.20. The van der Waals surface area contributed by atoms with Gasteiger partial charge >= 0.3 is 5.97 Å². The highest BCUT2D eigenvalue weighted by molar-refractivity contribution is 5.80. The monoisotopic (exact) mass is 225 g/mol.